The lowest BCUT2D eigenvalue weighted by atomic mass is 10.1. The second-order valence-electron chi connectivity index (χ2n) is 4.80. The number of aromatic nitrogens is 1. The summed E-state index contributed by atoms with van der Waals surface area (Å²) in [4.78, 5) is 17.5. The molecule has 0 amide bonds. The van der Waals surface area contributed by atoms with Crippen LogP contribution in [0, 0.1) is 0 Å². The summed E-state index contributed by atoms with van der Waals surface area (Å²) in [7, 11) is 2.00. The second kappa shape index (κ2) is 6.06. The first-order valence-corrected chi connectivity index (χ1v) is 6.82. The van der Waals surface area contributed by atoms with E-state index in [1.54, 1.807) is 12.3 Å². The summed E-state index contributed by atoms with van der Waals surface area (Å²) >= 11 is 6.03. The van der Waals surface area contributed by atoms with Gasteiger partial charge in [-0.05, 0) is 36.8 Å². The van der Waals surface area contributed by atoms with Gasteiger partial charge in [0, 0.05) is 19.0 Å². The molecule has 1 heterocycles. The van der Waals surface area contributed by atoms with Gasteiger partial charge in [-0.25, -0.2) is 0 Å². The summed E-state index contributed by atoms with van der Waals surface area (Å²) in [5.41, 5.74) is 2.58. The van der Waals surface area contributed by atoms with Crippen LogP contribution in [-0.2, 0) is 0 Å². The molecule has 0 radical (unpaired) electrons. The van der Waals surface area contributed by atoms with Gasteiger partial charge < -0.3 is 4.90 Å². The number of carbonyl (C=O) groups excluding carboxylic acids is 1. The molecule has 0 N–H and O–H groups in total. The zero-order valence-electron chi connectivity index (χ0n) is 11.8. The Balaban J connectivity index is 2.22. The van der Waals surface area contributed by atoms with E-state index in [1.165, 1.54) is 6.92 Å². The molecular weight excluding hydrogens is 272 g/mol. The molecule has 0 saturated heterocycles. The molecule has 0 aliphatic carbocycles. The maximum atomic E-state index is 11.2. The third kappa shape index (κ3) is 3.17. The molecule has 1 aromatic heterocycles. The number of pyridine rings is 1. The number of Topliss-reactive ketones (excluding diaryl/α,β-unsaturated/α-hetero) is 1. The van der Waals surface area contributed by atoms with E-state index in [0.717, 1.165) is 16.3 Å². The Morgan fingerprint density at radius 1 is 1.30 bits per heavy atom. The summed E-state index contributed by atoms with van der Waals surface area (Å²) < 4.78 is 0. The summed E-state index contributed by atoms with van der Waals surface area (Å²) in [5, 5.41) is 0.729. The minimum atomic E-state index is -0.0258. The lowest BCUT2D eigenvalue weighted by Gasteiger charge is -2.27. The number of carbonyl (C=O) groups is 1. The van der Waals surface area contributed by atoms with Gasteiger partial charge >= 0.3 is 0 Å². The maximum Gasteiger partial charge on any atom is 0.178 e. The lowest BCUT2D eigenvalue weighted by molar-refractivity contribution is 0.101. The van der Waals surface area contributed by atoms with Crippen LogP contribution < -0.4 is 4.90 Å². The SMILES string of the molecule is CC(=O)c1ccc(N(C)C(C)c2cccc(Cl)c2)cn1. The molecule has 2 rings (SSSR count). The van der Waals surface area contributed by atoms with Crippen molar-refractivity contribution < 1.29 is 4.79 Å². The van der Waals surface area contributed by atoms with E-state index in [1.807, 2.05) is 37.4 Å². The van der Waals surface area contributed by atoms with Crippen LogP contribution in [0.25, 0.3) is 0 Å². The Bertz CT molecular complexity index is 610. The van der Waals surface area contributed by atoms with Crippen molar-refractivity contribution in [3.05, 3.63) is 58.9 Å². The molecule has 104 valence electrons. The van der Waals surface area contributed by atoms with Gasteiger partial charge in [-0.2, -0.15) is 0 Å². The molecule has 0 spiro atoms. The fourth-order valence-corrected chi connectivity index (χ4v) is 2.22. The number of benzene rings is 1. The molecule has 20 heavy (non-hydrogen) atoms. The van der Waals surface area contributed by atoms with Crippen LogP contribution in [0.5, 0.6) is 0 Å². The van der Waals surface area contributed by atoms with Gasteiger partial charge in [0.1, 0.15) is 5.69 Å². The Hall–Kier alpha value is -1.87. The van der Waals surface area contributed by atoms with Crippen LogP contribution in [-0.4, -0.2) is 17.8 Å². The highest BCUT2D eigenvalue weighted by molar-refractivity contribution is 6.30. The molecule has 4 heteroatoms. The van der Waals surface area contributed by atoms with Crippen molar-refractivity contribution in [2.75, 3.05) is 11.9 Å². The number of hydrogen-bond acceptors (Lipinski definition) is 3. The Morgan fingerprint density at radius 2 is 2.05 bits per heavy atom. The van der Waals surface area contributed by atoms with Crippen LogP contribution in [0.1, 0.15) is 35.9 Å². The van der Waals surface area contributed by atoms with E-state index in [4.69, 9.17) is 11.6 Å². The quantitative estimate of drug-likeness (QED) is 0.793. The van der Waals surface area contributed by atoms with Crippen molar-refractivity contribution in [1.29, 1.82) is 0 Å². The number of ketones is 1. The first-order valence-electron chi connectivity index (χ1n) is 6.44. The topological polar surface area (TPSA) is 33.2 Å². The standard InChI is InChI=1S/C16H17ClN2O/c1-11(13-5-4-6-14(17)9-13)19(3)15-7-8-16(12(2)20)18-10-15/h4-11H,1-3H3. The monoisotopic (exact) mass is 288 g/mol. The van der Waals surface area contributed by atoms with Crippen molar-refractivity contribution in [2.24, 2.45) is 0 Å². The van der Waals surface area contributed by atoms with E-state index in [0.29, 0.717) is 5.69 Å². The molecule has 0 saturated carbocycles. The highest BCUT2D eigenvalue weighted by atomic mass is 35.5. The Labute approximate surface area is 124 Å². The number of rotatable bonds is 4. The average molecular weight is 289 g/mol. The highest BCUT2D eigenvalue weighted by Crippen LogP contribution is 2.26. The predicted octanol–water partition coefficient (Wildman–Crippen LogP) is 4.14. The average Bonchev–Trinajstić information content (AvgIpc) is 2.46. The minimum Gasteiger partial charge on any atom is -0.367 e. The van der Waals surface area contributed by atoms with Gasteiger partial charge in [-0.1, -0.05) is 23.7 Å². The van der Waals surface area contributed by atoms with Gasteiger partial charge in [-0.15, -0.1) is 0 Å². The van der Waals surface area contributed by atoms with Crippen molar-refractivity contribution in [1.82, 2.24) is 4.98 Å². The van der Waals surface area contributed by atoms with Crippen LogP contribution in [0.2, 0.25) is 5.02 Å². The van der Waals surface area contributed by atoms with Crippen LogP contribution in [0.4, 0.5) is 5.69 Å². The van der Waals surface area contributed by atoms with E-state index in [-0.39, 0.29) is 11.8 Å². The third-order valence-corrected chi connectivity index (χ3v) is 3.66. The molecule has 0 aliphatic rings. The maximum absolute atomic E-state index is 11.2. The van der Waals surface area contributed by atoms with E-state index >= 15 is 0 Å². The van der Waals surface area contributed by atoms with Gasteiger partial charge in [0.05, 0.1) is 17.9 Å². The molecule has 1 atom stereocenters. The van der Waals surface area contributed by atoms with Gasteiger partial charge in [-0.3, -0.25) is 9.78 Å². The molecular formula is C16H17ClN2O. The Morgan fingerprint density at radius 3 is 2.60 bits per heavy atom. The second-order valence-corrected chi connectivity index (χ2v) is 5.24. The largest absolute Gasteiger partial charge is 0.367 e. The number of hydrogen-bond donors (Lipinski definition) is 0. The fraction of sp³-hybridized carbons (Fsp3) is 0.250. The molecule has 1 aromatic carbocycles. The van der Waals surface area contributed by atoms with Crippen molar-refractivity contribution in [3.63, 3.8) is 0 Å². The van der Waals surface area contributed by atoms with E-state index in [9.17, 15) is 4.79 Å². The van der Waals surface area contributed by atoms with Crippen LogP contribution in [0.3, 0.4) is 0 Å². The summed E-state index contributed by atoms with van der Waals surface area (Å²) in [6.07, 6.45) is 1.72. The summed E-state index contributed by atoms with van der Waals surface area (Å²) in [6.45, 7) is 3.62. The highest BCUT2D eigenvalue weighted by Gasteiger charge is 2.13. The van der Waals surface area contributed by atoms with Gasteiger partial charge in [0.2, 0.25) is 0 Å². The molecule has 3 nitrogen and oxygen atoms in total. The summed E-state index contributed by atoms with van der Waals surface area (Å²) in [6, 6.07) is 11.6. The van der Waals surface area contributed by atoms with Crippen LogP contribution >= 0.6 is 11.6 Å². The molecule has 1 unspecified atom stereocenters. The van der Waals surface area contributed by atoms with E-state index < -0.39 is 0 Å². The fourth-order valence-electron chi connectivity index (χ4n) is 2.02. The number of nitrogens with zero attached hydrogens (tertiary/aromatic N) is 2. The molecule has 2 aromatic rings. The van der Waals surface area contributed by atoms with Crippen molar-refractivity contribution in [3.8, 4) is 0 Å². The smallest absolute Gasteiger partial charge is 0.178 e. The Kier molecular flexibility index (Phi) is 4.40. The van der Waals surface area contributed by atoms with Crippen molar-refractivity contribution in [2.45, 2.75) is 19.9 Å². The predicted molar refractivity (Wildman–Crippen MR) is 82.5 cm³/mol. The molecule has 0 bridgehead atoms. The number of halogens is 1. The lowest BCUT2D eigenvalue weighted by Crippen LogP contribution is -2.21. The third-order valence-electron chi connectivity index (χ3n) is 3.43. The van der Waals surface area contributed by atoms with Gasteiger partial charge in [0.15, 0.2) is 5.78 Å². The van der Waals surface area contributed by atoms with Crippen molar-refractivity contribution >= 4 is 23.1 Å². The van der Waals surface area contributed by atoms with Crippen LogP contribution in [0.15, 0.2) is 42.6 Å². The summed E-state index contributed by atoms with van der Waals surface area (Å²) in [5.74, 6) is -0.0258. The van der Waals surface area contributed by atoms with E-state index in [2.05, 4.69) is 16.8 Å². The minimum absolute atomic E-state index is 0.0258. The molecule has 0 aliphatic heterocycles. The zero-order chi connectivity index (χ0) is 14.7. The first kappa shape index (κ1) is 14.5. The van der Waals surface area contributed by atoms with Gasteiger partial charge in [0.25, 0.3) is 0 Å². The zero-order valence-corrected chi connectivity index (χ0v) is 12.6. The molecule has 0 fully saturated rings. The first-order chi connectivity index (χ1) is 9.49. The normalized spacial score (nSPS) is 12.0. The number of anilines is 1.